The summed E-state index contributed by atoms with van der Waals surface area (Å²) in [6, 6.07) is 0. The van der Waals surface area contributed by atoms with Gasteiger partial charge in [0.25, 0.3) is 0 Å². The quantitative estimate of drug-likeness (QED) is 0.563. The molecule has 1 rings (SSSR count). The molecule has 0 amide bonds. The molecule has 0 spiro atoms. The van der Waals surface area contributed by atoms with Gasteiger partial charge in [-0.3, -0.25) is 4.79 Å². The molecule has 3 nitrogen and oxygen atoms in total. The van der Waals surface area contributed by atoms with Gasteiger partial charge in [-0.15, -0.1) is 0 Å². The molecule has 0 aromatic heterocycles. The predicted octanol–water partition coefficient (Wildman–Crippen LogP) is 2.96. The van der Waals surface area contributed by atoms with Crippen molar-refractivity contribution in [1.82, 2.24) is 0 Å². The van der Waals surface area contributed by atoms with Gasteiger partial charge in [0.15, 0.2) is 8.32 Å². The Kier molecular flexibility index (Phi) is 3.85. The Hall–Kier alpha value is -0.353. The number of hydrogen-bond acceptors (Lipinski definition) is 3. The molecule has 2 atom stereocenters. The average Bonchev–Trinajstić information content (AvgIpc) is 2.14. The molecule has 1 heterocycles. The Balaban J connectivity index is 2.28. The minimum absolute atomic E-state index is 0.0583. The maximum absolute atomic E-state index is 10.9. The second-order valence-electron chi connectivity index (χ2n) is 6.16. The normalized spacial score (nSPS) is 26.2. The molecule has 1 saturated heterocycles. The van der Waals surface area contributed by atoms with E-state index in [2.05, 4.69) is 33.9 Å². The van der Waals surface area contributed by atoms with Gasteiger partial charge >= 0.3 is 5.97 Å². The maximum Gasteiger partial charge on any atom is 0.312 e. The van der Waals surface area contributed by atoms with E-state index in [9.17, 15) is 4.79 Å². The van der Waals surface area contributed by atoms with Crippen molar-refractivity contribution in [3.8, 4) is 0 Å². The van der Waals surface area contributed by atoms with Crippen LogP contribution in [0.4, 0.5) is 0 Å². The highest BCUT2D eigenvalue weighted by Gasteiger charge is 2.40. The van der Waals surface area contributed by atoms with E-state index in [1.807, 2.05) is 6.92 Å². The Morgan fingerprint density at radius 2 is 1.94 bits per heavy atom. The van der Waals surface area contributed by atoms with E-state index in [4.69, 9.17) is 9.16 Å². The number of cyclic esters (lactones) is 1. The summed E-state index contributed by atoms with van der Waals surface area (Å²) in [5.41, 5.74) is 0. The summed E-state index contributed by atoms with van der Waals surface area (Å²) in [4.78, 5) is 10.9. The fourth-order valence-electron chi connectivity index (χ4n) is 1.39. The van der Waals surface area contributed by atoms with Crippen LogP contribution in [-0.2, 0) is 14.0 Å². The highest BCUT2D eigenvalue weighted by molar-refractivity contribution is 6.74. The van der Waals surface area contributed by atoms with E-state index in [1.54, 1.807) is 0 Å². The van der Waals surface area contributed by atoms with Crippen molar-refractivity contribution in [2.24, 2.45) is 5.92 Å². The monoisotopic (exact) mass is 244 g/mol. The summed E-state index contributed by atoms with van der Waals surface area (Å²) < 4.78 is 11.1. The molecule has 0 aliphatic carbocycles. The predicted molar refractivity (Wildman–Crippen MR) is 66.8 cm³/mol. The first-order valence-corrected chi connectivity index (χ1v) is 8.90. The van der Waals surface area contributed by atoms with Gasteiger partial charge in [0.1, 0.15) is 6.10 Å². The van der Waals surface area contributed by atoms with Gasteiger partial charge in [-0.2, -0.15) is 0 Å². The zero-order chi connectivity index (χ0) is 12.6. The van der Waals surface area contributed by atoms with Gasteiger partial charge in [-0.05, 0) is 25.1 Å². The number of esters is 1. The van der Waals surface area contributed by atoms with E-state index < -0.39 is 8.32 Å². The molecule has 0 bridgehead atoms. The van der Waals surface area contributed by atoms with Crippen molar-refractivity contribution in [2.45, 2.75) is 58.4 Å². The maximum atomic E-state index is 10.9. The third-order valence-corrected chi connectivity index (χ3v) is 8.41. The molecule has 0 unspecified atom stereocenters. The fourth-order valence-corrected chi connectivity index (χ4v) is 2.45. The van der Waals surface area contributed by atoms with Crippen molar-refractivity contribution in [2.75, 3.05) is 6.61 Å². The van der Waals surface area contributed by atoms with E-state index in [-0.39, 0.29) is 23.0 Å². The van der Waals surface area contributed by atoms with Crippen LogP contribution in [0.1, 0.15) is 34.1 Å². The first-order valence-electron chi connectivity index (χ1n) is 5.99. The van der Waals surface area contributed by atoms with Crippen LogP contribution in [0.5, 0.6) is 0 Å². The van der Waals surface area contributed by atoms with Crippen LogP contribution >= 0.6 is 0 Å². The molecule has 1 aliphatic heterocycles. The van der Waals surface area contributed by atoms with Gasteiger partial charge in [0, 0.05) is 13.0 Å². The lowest BCUT2D eigenvalue weighted by molar-refractivity contribution is -0.183. The Morgan fingerprint density at radius 1 is 1.38 bits per heavy atom. The van der Waals surface area contributed by atoms with Crippen molar-refractivity contribution < 1.29 is 14.0 Å². The highest BCUT2D eigenvalue weighted by atomic mass is 28.4. The second-order valence-corrected chi connectivity index (χ2v) is 11.0. The first-order chi connectivity index (χ1) is 7.15. The van der Waals surface area contributed by atoms with Crippen LogP contribution in [-0.4, -0.2) is 27.0 Å². The molecule has 94 valence electrons. The average molecular weight is 244 g/mol. The van der Waals surface area contributed by atoms with Crippen LogP contribution in [0.15, 0.2) is 0 Å². The smallest absolute Gasteiger partial charge is 0.312 e. The summed E-state index contributed by atoms with van der Waals surface area (Å²) in [6.07, 6.45) is 0.914. The lowest BCUT2D eigenvalue weighted by atomic mass is 9.97. The zero-order valence-electron chi connectivity index (χ0n) is 11.3. The molecular weight excluding hydrogens is 220 g/mol. The fraction of sp³-hybridized carbons (Fsp3) is 0.917. The molecule has 4 heteroatoms. The molecule has 1 fully saturated rings. The third kappa shape index (κ3) is 2.86. The topological polar surface area (TPSA) is 35.5 Å². The number of hydrogen-bond donors (Lipinski definition) is 0. The van der Waals surface area contributed by atoms with Crippen molar-refractivity contribution in [3.05, 3.63) is 0 Å². The van der Waals surface area contributed by atoms with Gasteiger partial charge in [0.2, 0.25) is 0 Å². The van der Waals surface area contributed by atoms with Crippen molar-refractivity contribution in [1.29, 1.82) is 0 Å². The third-order valence-electron chi connectivity index (χ3n) is 3.87. The molecular formula is C12H24O3Si. The highest BCUT2D eigenvalue weighted by Crippen LogP contribution is 2.37. The molecule has 0 aromatic rings. The Bertz CT molecular complexity index is 268. The van der Waals surface area contributed by atoms with Gasteiger partial charge in [0.05, 0.1) is 5.92 Å². The molecule has 16 heavy (non-hydrogen) atoms. The molecule has 0 aromatic carbocycles. The standard InChI is InChI=1S/C12H24O3Si/c1-9-10(15-11(9)13)7-8-14-16(5,6)12(2,3)4/h9-10H,7-8H2,1-6H3/t9-,10-/m1/s1. The van der Waals surface area contributed by atoms with Crippen molar-refractivity contribution in [3.63, 3.8) is 0 Å². The van der Waals surface area contributed by atoms with E-state index >= 15 is 0 Å². The largest absolute Gasteiger partial charge is 0.461 e. The number of rotatable bonds is 4. The van der Waals surface area contributed by atoms with Gasteiger partial charge < -0.3 is 9.16 Å². The van der Waals surface area contributed by atoms with E-state index in [1.165, 1.54) is 0 Å². The number of ether oxygens (including phenoxy) is 1. The summed E-state index contributed by atoms with van der Waals surface area (Å²) in [7, 11) is -1.64. The Morgan fingerprint density at radius 3 is 2.31 bits per heavy atom. The summed E-state index contributed by atoms with van der Waals surface area (Å²) in [5.74, 6) is -0.0136. The van der Waals surface area contributed by atoms with Gasteiger partial charge in [-0.25, -0.2) is 0 Å². The van der Waals surface area contributed by atoms with E-state index in [0.717, 1.165) is 6.42 Å². The minimum atomic E-state index is -1.64. The first kappa shape index (κ1) is 13.7. The summed E-state index contributed by atoms with van der Waals surface area (Å²) in [6.45, 7) is 13.8. The van der Waals surface area contributed by atoms with Crippen LogP contribution < -0.4 is 0 Å². The summed E-state index contributed by atoms with van der Waals surface area (Å²) in [5, 5.41) is 0.245. The molecule has 0 saturated carbocycles. The molecule has 0 radical (unpaired) electrons. The van der Waals surface area contributed by atoms with Crippen LogP contribution in [0.2, 0.25) is 18.1 Å². The SMILES string of the molecule is C[C@H]1C(=O)O[C@@H]1CCO[Si](C)(C)C(C)(C)C. The lowest BCUT2D eigenvalue weighted by Crippen LogP contribution is -2.45. The summed E-state index contributed by atoms with van der Waals surface area (Å²) >= 11 is 0. The van der Waals surface area contributed by atoms with Crippen LogP contribution in [0.3, 0.4) is 0 Å². The molecule has 0 N–H and O–H groups in total. The van der Waals surface area contributed by atoms with Crippen LogP contribution in [0.25, 0.3) is 0 Å². The Labute approximate surface area is 99.6 Å². The van der Waals surface area contributed by atoms with Gasteiger partial charge in [-0.1, -0.05) is 20.8 Å². The number of carbonyl (C=O) groups excluding carboxylic acids is 1. The second kappa shape index (κ2) is 4.49. The minimum Gasteiger partial charge on any atom is -0.461 e. The van der Waals surface area contributed by atoms with E-state index in [0.29, 0.717) is 6.61 Å². The van der Waals surface area contributed by atoms with Crippen molar-refractivity contribution >= 4 is 14.3 Å². The lowest BCUT2D eigenvalue weighted by Gasteiger charge is -2.38. The number of carbonyl (C=O) groups is 1. The molecule has 1 aliphatic rings. The van der Waals surface area contributed by atoms with Crippen LogP contribution in [0, 0.1) is 5.92 Å². The zero-order valence-corrected chi connectivity index (χ0v) is 12.3.